The van der Waals surface area contributed by atoms with Gasteiger partial charge in [-0.3, -0.25) is 9.59 Å². The number of nitrogens with one attached hydrogen (secondary N) is 2. The first kappa shape index (κ1) is 27.7. The summed E-state index contributed by atoms with van der Waals surface area (Å²) in [7, 11) is 0. The zero-order valence-electron chi connectivity index (χ0n) is 21.8. The van der Waals surface area contributed by atoms with Crippen LogP contribution in [0.2, 0.25) is 0 Å². The maximum atomic E-state index is 13.0. The number of thioether (sulfide) groups is 1. The Balaban J connectivity index is 1.35. The van der Waals surface area contributed by atoms with Gasteiger partial charge in [-0.2, -0.15) is 0 Å². The number of benzene rings is 4. The summed E-state index contributed by atoms with van der Waals surface area (Å²) in [5.41, 5.74) is 1.63. The lowest BCUT2D eigenvalue weighted by molar-refractivity contribution is -0.115. The van der Waals surface area contributed by atoms with Crippen LogP contribution in [0.25, 0.3) is 10.8 Å². The Morgan fingerprint density at radius 1 is 0.846 bits per heavy atom. The number of aromatic carboxylic acids is 1. The predicted octanol–water partition coefficient (Wildman–Crippen LogP) is 7.09. The van der Waals surface area contributed by atoms with Crippen molar-refractivity contribution < 1.29 is 24.2 Å². The lowest BCUT2D eigenvalue weighted by Gasteiger charge is -2.13. The molecular formula is C31H30N2O5S. The normalized spacial score (nSPS) is 11.5. The average molecular weight is 543 g/mol. The Bertz CT molecular complexity index is 1460. The zero-order chi connectivity index (χ0) is 27.8. The molecule has 0 aliphatic rings. The van der Waals surface area contributed by atoms with Crippen molar-refractivity contribution in [1.82, 2.24) is 0 Å². The van der Waals surface area contributed by atoms with Gasteiger partial charge in [-0.15, -0.1) is 11.8 Å². The molecule has 0 bridgehead atoms. The van der Waals surface area contributed by atoms with Crippen LogP contribution in [0.4, 0.5) is 11.4 Å². The van der Waals surface area contributed by atoms with E-state index in [1.165, 1.54) is 17.8 Å². The number of rotatable bonds is 11. The Kier molecular flexibility index (Phi) is 9.22. The van der Waals surface area contributed by atoms with E-state index in [2.05, 4.69) is 17.6 Å². The maximum absolute atomic E-state index is 13.0. The summed E-state index contributed by atoms with van der Waals surface area (Å²) in [5.74, 6) is -0.834. The van der Waals surface area contributed by atoms with Crippen molar-refractivity contribution in [3.05, 3.63) is 96.1 Å². The van der Waals surface area contributed by atoms with Gasteiger partial charge in [0.05, 0.1) is 17.4 Å². The van der Waals surface area contributed by atoms with Crippen LogP contribution < -0.4 is 15.4 Å². The van der Waals surface area contributed by atoms with Gasteiger partial charge in [0.15, 0.2) is 0 Å². The van der Waals surface area contributed by atoms with Crippen LogP contribution in [0.15, 0.2) is 89.8 Å². The fraction of sp³-hybridized carbons (Fsp3) is 0.194. The molecule has 200 valence electrons. The molecular weight excluding hydrogens is 512 g/mol. The number of amides is 2. The number of unbranched alkanes of at least 4 members (excludes halogenated alkanes) is 1. The molecule has 8 heteroatoms. The number of fused-ring (bicyclic) bond motifs is 1. The third kappa shape index (κ3) is 7.18. The van der Waals surface area contributed by atoms with Crippen LogP contribution in [-0.4, -0.2) is 34.7 Å². The van der Waals surface area contributed by atoms with Gasteiger partial charge in [0, 0.05) is 27.2 Å². The van der Waals surface area contributed by atoms with Crippen molar-refractivity contribution >= 4 is 51.7 Å². The minimum atomic E-state index is -1.09. The van der Waals surface area contributed by atoms with Crippen molar-refractivity contribution in [2.75, 3.05) is 17.2 Å². The van der Waals surface area contributed by atoms with E-state index in [0.29, 0.717) is 28.8 Å². The van der Waals surface area contributed by atoms with Crippen LogP contribution in [-0.2, 0) is 4.79 Å². The molecule has 4 rings (SSSR count). The molecule has 0 fully saturated rings. The maximum Gasteiger partial charge on any atom is 0.336 e. The second kappa shape index (κ2) is 13.0. The number of hydrogen-bond acceptors (Lipinski definition) is 5. The number of carbonyl (C=O) groups excluding carboxylic acids is 2. The third-order valence-corrected chi connectivity index (χ3v) is 7.17. The number of hydrogen-bond donors (Lipinski definition) is 3. The van der Waals surface area contributed by atoms with E-state index in [1.807, 2.05) is 43.3 Å². The van der Waals surface area contributed by atoms with E-state index in [1.54, 1.807) is 42.5 Å². The van der Waals surface area contributed by atoms with E-state index in [-0.39, 0.29) is 22.3 Å². The summed E-state index contributed by atoms with van der Waals surface area (Å²) in [6, 6.07) is 24.5. The van der Waals surface area contributed by atoms with Crippen molar-refractivity contribution in [2.45, 2.75) is 36.8 Å². The van der Waals surface area contributed by atoms with E-state index in [9.17, 15) is 19.5 Å². The molecule has 0 spiro atoms. The fourth-order valence-electron chi connectivity index (χ4n) is 3.99. The number of carboxylic acid groups (broad SMARTS) is 1. The molecule has 0 aliphatic heterocycles. The first-order chi connectivity index (χ1) is 18.9. The highest BCUT2D eigenvalue weighted by atomic mass is 32.2. The van der Waals surface area contributed by atoms with Gasteiger partial charge in [0.2, 0.25) is 5.91 Å². The molecule has 4 aromatic carbocycles. The minimum Gasteiger partial charge on any atom is -0.494 e. The second-order valence-electron chi connectivity index (χ2n) is 8.97. The molecule has 3 N–H and O–H groups in total. The highest BCUT2D eigenvalue weighted by Gasteiger charge is 2.18. The Labute approximate surface area is 231 Å². The van der Waals surface area contributed by atoms with Gasteiger partial charge < -0.3 is 20.5 Å². The molecule has 0 heterocycles. The third-order valence-electron chi connectivity index (χ3n) is 6.06. The molecule has 0 saturated heterocycles. The molecule has 7 nitrogen and oxygen atoms in total. The van der Waals surface area contributed by atoms with Crippen molar-refractivity contribution in [3.63, 3.8) is 0 Å². The van der Waals surface area contributed by atoms with Gasteiger partial charge in [-0.05, 0) is 79.4 Å². The average Bonchev–Trinajstić information content (AvgIpc) is 2.94. The molecule has 0 saturated carbocycles. The number of anilines is 2. The predicted molar refractivity (Wildman–Crippen MR) is 156 cm³/mol. The van der Waals surface area contributed by atoms with Crippen LogP contribution >= 0.6 is 11.8 Å². The SMILES string of the molecule is CCCCOc1ccc(NC(=O)C(C)Sc2ccc(NC(=O)c3cccc4cccc(C(=O)O)c34)cc2)cc1. The van der Waals surface area contributed by atoms with Gasteiger partial charge >= 0.3 is 5.97 Å². The second-order valence-corrected chi connectivity index (χ2v) is 10.4. The molecule has 1 atom stereocenters. The van der Waals surface area contributed by atoms with E-state index in [0.717, 1.165) is 23.5 Å². The van der Waals surface area contributed by atoms with Crippen LogP contribution in [0.3, 0.4) is 0 Å². The van der Waals surface area contributed by atoms with Gasteiger partial charge in [0.25, 0.3) is 5.91 Å². The van der Waals surface area contributed by atoms with E-state index in [4.69, 9.17) is 4.74 Å². The van der Waals surface area contributed by atoms with Gasteiger partial charge in [-0.25, -0.2) is 4.79 Å². The lowest BCUT2D eigenvalue weighted by Crippen LogP contribution is -2.22. The summed E-state index contributed by atoms with van der Waals surface area (Å²) in [5, 5.41) is 16.1. The zero-order valence-corrected chi connectivity index (χ0v) is 22.6. The Morgan fingerprint density at radius 2 is 1.46 bits per heavy atom. The summed E-state index contributed by atoms with van der Waals surface area (Å²) in [4.78, 5) is 38.3. The quantitative estimate of drug-likeness (QED) is 0.138. The minimum absolute atomic E-state index is 0.0773. The van der Waals surface area contributed by atoms with Crippen molar-refractivity contribution in [1.29, 1.82) is 0 Å². The lowest BCUT2D eigenvalue weighted by atomic mass is 9.98. The van der Waals surface area contributed by atoms with Gasteiger partial charge in [-0.1, -0.05) is 37.6 Å². The van der Waals surface area contributed by atoms with E-state index >= 15 is 0 Å². The van der Waals surface area contributed by atoms with Crippen LogP contribution in [0, 0.1) is 0 Å². The number of carbonyl (C=O) groups is 3. The smallest absolute Gasteiger partial charge is 0.336 e. The summed E-state index contributed by atoms with van der Waals surface area (Å²) in [6.45, 7) is 4.62. The fourth-order valence-corrected chi connectivity index (χ4v) is 4.86. The standard InChI is InChI=1S/C31H30N2O5S/c1-3-4-19-38-24-15-11-22(12-16-24)32-29(34)20(2)39-25-17-13-23(14-18-25)33-30(35)26-9-5-7-21-8-6-10-27(28(21)26)31(36)37/h5-18,20H,3-4,19H2,1-2H3,(H,32,34)(H,33,35)(H,36,37). The Hall–Kier alpha value is -4.30. The molecule has 1 unspecified atom stereocenters. The molecule has 4 aromatic rings. The van der Waals surface area contributed by atoms with Crippen molar-refractivity contribution in [3.8, 4) is 5.75 Å². The molecule has 0 aliphatic carbocycles. The molecule has 0 aromatic heterocycles. The number of carboxylic acids is 1. The summed E-state index contributed by atoms with van der Waals surface area (Å²) < 4.78 is 5.66. The van der Waals surface area contributed by atoms with Crippen LogP contribution in [0.5, 0.6) is 5.75 Å². The highest BCUT2D eigenvalue weighted by Crippen LogP contribution is 2.28. The van der Waals surface area contributed by atoms with Crippen molar-refractivity contribution in [2.24, 2.45) is 0 Å². The summed E-state index contributed by atoms with van der Waals surface area (Å²) in [6.07, 6.45) is 2.07. The molecule has 0 radical (unpaired) electrons. The monoisotopic (exact) mass is 542 g/mol. The highest BCUT2D eigenvalue weighted by molar-refractivity contribution is 8.00. The topological polar surface area (TPSA) is 105 Å². The summed E-state index contributed by atoms with van der Waals surface area (Å²) >= 11 is 1.40. The number of ether oxygens (including phenoxy) is 1. The first-order valence-electron chi connectivity index (χ1n) is 12.7. The van der Waals surface area contributed by atoms with Crippen LogP contribution in [0.1, 0.15) is 47.4 Å². The largest absolute Gasteiger partial charge is 0.494 e. The molecule has 39 heavy (non-hydrogen) atoms. The molecule has 2 amide bonds. The Morgan fingerprint density at radius 3 is 2.10 bits per heavy atom. The van der Waals surface area contributed by atoms with Gasteiger partial charge in [0.1, 0.15) is 5.75 Å². The first-order valence-corrected chi connectivity index (χ1v) is 13.6. The van der Waals surface area contributed by atoms with E-state index < -0.39 is 11.9 Å².